The quantitative estimate of drug-likeness (QED) is 0.633. The highest BCUT2D eigenvalue weighted by molar-refractivity contribution is 9.10. The maximum atomic E-state index is 4.47. The second kappa shape index (κ2) is 4.30. The van der Waals surface area contributed by atoms with Crippen LogP contribution in [0.15, 0.2) is 65.3 Å². The van der Waals surface area contributed by atoms with Crippen LogP contribution in [0.25, 0.3) is 22.0 Å². The summed E-state index contributed by atoms with van der Waals surface area (Å²) in [5.41, 5.74) is 3.42. The zero-order valence-corrected chi connectivity index (χ0v) is 10.7. The number of hydrogen-bond acceptors (Lipinski definition) is 1. The molecule has 0 aliphatic rings. The van der Waals surface area contributed by atoms with E-state index in [-0.39, 0.29) is 0 Å². The lowest BCUT2D eigenvalue weighted by Crippen LogP contribution is -1.83. The molecule has 82 valence electrons. The Morgan fingerprint density at radius 1 is 0.824 bits per heavy atom. The van der Waals surface area contributed by atoms with Gasteiger partial charge in [-0.05, 0) is 23.8 Å². The van der Waals surface area contributed by atoms with Gasteiger partial charge in [-0.1, -0.05) is 52.3 Å². The maximum absolute atomic E-state index is 4.47. The van der Waals surface area contributed by atoms with Crippen LogP contribution in [0.1, 0.15) is 0 Å². The third kappa shape index (κ3) is 1.96. The summed E-state index contributed by atoms with van der Waals surface area (Å²) in [7, 11) is 0. The first kappa shape index (κ1) is 10.5. The van der Waals surface area contributed by atoms with Gasteiger partial charge in [0, 0.05) is 21.6 Å². The number of aromatic nitrogens is 1. The Hall–Kier alpha value is -1.67. The predicted octanol–water partition coefficient (Wildman–Crippen LogP) is 4.66. The van der Waals surface area contributed by atoms with Crippen LogP contribution in [0, 0.1) is 0 Å². The van der Waals surface area contributed by atoms with Crippen molar-refractivity contribution in [3.63, 3.8) is 0 Å². The SMILES string of the molecule is Brc1ccc(-c2cccc3cccnc23)cc1. The third-order valence-electron chi connectivity index (χ3n) is 2.79. The molecule has 2 heteroatoms. The zero-order chi connectivity index (χ0) is 11.7. The standard InChI is InChI=1S/C15H10BrN/c16-13-8-6-11(7-9-13)14-5-1-3-12-4-2-10-17-15(12)14/h1-10H. The summed E-state index contributed by atoms with van der Waals surface area (Å²) in [4.78, 5) is 4.47. The van der Waals surface area contributed by atoms with Crippen molar-refractivity contribution in [2.45, 2.75) is 0 Å². The Morgan fingerprint density at radius 3 is 2.41 bits per heavy atom. The molecule has 0 amide bonds. The lowest BCUT2D eigenvalue weighted by atomic mass is 10.0. The fourth-order valence-corrected chi connectivity index (χ4v) is 2.23. The van der Waals surface area contributed by atoms with Crippen molar-refractivity contribution in [3.05, 3.63) is 65.3 Å². The van der Waals surface area contributed by atoms with Crippen LogP contribution < -0.4 is 0 Å². The zero-order valence-electron chi connectivity index (χ0n) is 9.10. The highest BCUT2D eigenvalue weighted by atomic mass is 79.9. The van der Waals surface area contributed by atoms with Gasteiger partial charge in [-0.3, -0.25) is 4.98 Å². The Labute approximate surface area is 108 Å². The lowest BCUT2D eigenvalue weighted by molar-refractivity contribution is 1.41. The molecule has 0 radical (unpaired) electrons. The van der Waals surface area contributed by atoms with E-state index in [0.29, 0.717) is 0 Å². The van der Waals surface area contributed by atoms with Gasteiger partial charge in [0.15, 0.2) is 0 Å². The molecule has 0 saturated carbocycles. The first-order valence-electron chi connectivity index (χ1n) is 5.44. The minimum Gasteiger partial charge on any atom is -0.256 e. The van der Waals surface area contributed by atoms with Crippen molar-refractivity contribution >= 4 is 26.8 Å². The van der Waals surface area contributed by atoms with Crippen molar-refractivity contribution in [1.29, 1.82) is 0 Å². The molecule has 3 aromatic rings. The van der Waals surface area contributed by atoms with Crippen LogP contribution in [-0.2, 0) is 0 Å². The molecule has 0 N–H and O–H groups in total. The summed E-state index contributed by atoms with van der Waals surface area (Å²) in [5, 5.41) is 1.17. The number of nitrogens with zero attached hydrogens (tertiary/aromatic N) is 1. The van der Waals surface area contributed by atoms with Crippen LogP contribution >= 0.6 is 15.9 Å². The normalized spacial score (nSPS) is 10.6. The summed E-state index contributed by atoms with van der Waals surface area (Å²) in [6, 6.07) is 18.6. The topological polar surface area (TPSA) is 12.9 Å². The van der Waals surface area contributed by atoms with Crippen LogP contribution in [0.3, 0.4) is 0 Å². The number of rotatable bonds is 1. The molecule has 1 nitrogen and oxygen atoms in total. The number of halogens is 1. The molecule has 0 fully saturated rings. The number of benzene rings is 2. The fourth-order valence-electron chi connectivity index (χ4n) is 1.97. The summed E-state index contributed by atoms with van der Waals surface area (Å²) >= 11 is 3.45. The minimum absolute atomic E-state index is 1.05. The third-order valence-corrected chi connectivity index (χ3v) is 3.32. The highest BCUT2D eigenvalue weighted by Gasteiger charge is 2.03. The van der Waals surface area contributed by atoms with Gasteiger partial charge in [0.25, 0.3) is 0 Å². The van der Waals surface area contributed by atoms with Gasteiger partial charge < -0.3 is 0 Å². The predicted molar refractivity (Wildman–Crippen MR) is 74.9 cm³/mol. The molecule has 0 bridgehead atoms. The van der Waals surface area contributed by atoms with E-state index in [2.05, 4.69) is 69.4 Å². The molecule has 0 aliphatic heterocycles. The van der Waals surface area contributed by atoms with Gasteiger partial charge in [-0.2, -0.15) is 0 Å². The van der Waals surface area contributed by atoms with Crippen LogP contribution in [0.5, 0.6) is 0 Å². The Kier molecular flexibility index (Phi) is 2.65. The van der Waals surface area contributed by atoms with Gasteiger partial charge in [-0.15, -0.1) is 0 Å². The number of pyridine rings is 1. The molecular formula is C15H10BrN. The number of fused-ring (bicyclic) bond motifs is 1. The van der Waals surface area contributed by atoms with Crippen molar-refractivity contribution in [2.75, 3.05) is 0 Å². The van der Waals surface area contributed by atoms with E-state index in [1.807, 2.05) is 12.3 Å². The second-order valence-electron chi connectivity index (χ2n) is 3.89. The molecule has 0 unspecified atom stereocenters. The van der Waals surface area contributed by atoms with Crippen LogP contribution in [0.4, 0.5) is 0 Å². The summed E-state index contributed by atoms with van der Waals surface area (Å²) < 4.78 is 1.09. The maximum Gasteiger partial charge on any atom is 0.0780 e. The first-order valence-corrected chi connectivity index (χ1v) is 6.23. The van der Waals surface area contributed by atoms with Crippen LogP contribution in [-0.4, -0.2) is 4.98 Å². The molecule has 2 aromatic carbocycles. The number of para-hydroxylation sites is 1. The second-order valence-corrected chi connectivity index (χ2v) is 4.80. The monoisotopic (exact) mass is 283 g/mol. The van der Waals surface area contributed by atoms with Crippen molar-refractivity contribution in [1.82, 2.24) is 4.98 Å². The molecule has 1 aromatic heterocycles. The largest absolute Gasteiger partial charge is 0.256 e. The molecule has 0 saturated heterocycles. The lowest BCUT2D eigenvalue weighted by Gasteiger charge is -2.05. The Balaban J connectivity index is 2.27. The van der Waals surface area contributed by atoms with E-state index in [0.717, 1.165) is 9.99 Å². The summed E-state index contributed by atoms with van der Waals surface area (Å²) in [5.74, 6) is 0. The molecule has 0 aliphatic carbocycles. The van der Waals surface area contributed by atoms with Gasteiger partial charge in [-0.25, -0.2) is 0 Å². The molecule has 1 heterocycles. The van der Waals surface area contributed by atoms with Crippen molar-refractivity contribution in [3.8, 4) is 11.1 Å². The van der Waals surface area contributed by atoms with E-state index in [9.17, 15) is 0 Å². The van der Waals surface area contributed by atoms with Crippen LogP contribution in [0.2, 0.25) is 0 Å². The van der Waals surface area contributed by atoms with E-state index in [1.165, 1.54) is 16.5 Å². The summed E-state index contributed by atoms with van der Waals surface area (Å²) in [6.45, 7) is 0. The molecule has 0 spiro atoms. The van der Waals surface area contributed by atoms with Crippen molar-refractivity contribution in [2.24, 2.45) is 0 Å². The Bertz CT molecular complexity index is 654. The molecule has 0 atom stereocenters. The molecular weight excluding hydrogens is 274 g/mol. The fraction of sp³-hybridized carbons (Fsp3) is 0. The number of hydrogen-bond donors (Lipinski definition) is 0. The summed E-state index contributed by atoms with van der Waals surface area (Å²) in [6.07, 6.45) is 1.84. The van der Waals surface area contributed by atoms with Gasteiger partial charge in [0.05, 0.1) is 5.52 Å². The average molecular weight is 284 g/mol. The van der Waals surface area contributed by atoms with E-state index < -0.39 is 0 Å². The van der Waals surface area contributed by atoms with Crippen molar-refractivity contribution < 1.29 is 0 Å². The van der Waals surface area contributed by atoms with Gasteiger partial charge in [0.2, 0.25) is 0 Å². The van der Waals surface area contributed by atoms with E-state index in [1.54, 1.807) is 0 Å². The van der Waals surface area contributed by atoms with Gasteiger partial charge >= 0.3 is 0 Å². The van der Waals surface area contributed by atoms with E-state index >= 15 is 0 Å². The molecule has 17 heavy (non-hydrogen) atoms. The van der Waals surface area contributed by atoms with Gasteiger partial charge in [0.1, 0.15) is 0 Å². The smallest absolute Gasteiger partial charge is 0.0780 e. The molecule has 3 rings (SSSR count). The minimum atomic E-state index is 1.05. The first-order chi connectivity index (χ1) is 8.34. The average Bonchev–Trinajstić information content (AvgIpc) is 2.39. The highest BCUT2D eigenvalue weighted by Crippen LogP contribution is 2.27. The Morgan fingerprint density at radius 2 is 1.59 bits per heavy atom. The van der Waals surface area contributed by atoms with E-state index in [4.69, 9.17) is 0 Å².